The van der Waals surface area contributed by atoms with Crippen LogP contribution in [0.1, 0.15) is 16.8 Å². The van der Waals surface area contributed by atoms with Gasteiger partial charge in [0.05, 0.1) is 7.11 Å². The summed E-state index contributed by atoms with van der Waals surface area (Å²) < 4.78 is 10.8. The summed E-state index contributed by atoms with van der Waals surface area (Å²) in [7, 11) is 1.65. The van der Waals surface area contributed by atoms with Crippen LogP contribution in [-0.4, -0.2) is 12.1 Å². The van der Waals surface area contributed by atoms with E-state index in [2.05, 4.69) is 4.98 Å². The minimum atomic E-state index is -0.123. The highest BCUT2D eigenvalue weighted by atomic mass is 32.1. The first-order chi connectivity index (χ1) is 9.26. The molecule has 19 heavy (non-hydrogen) atoms. The zero-order valence-electron chi connectivity index (χ0n) is 10.5. The second-order valence-corrected chi connectivity index (χ2v) is 5.22. The van der Waals surface area contributed by atoms with E-state index in [4.69, 9.17) is 14.9 Å². The van der Waals surface area contributed by atoms with Gasteiger partial charge in [-0.2, -0.15) is 0 Å². The molecule has 0 aliphatic rings. The Labute approximate surface area is 114 Å². The number of aromatic nitrogens is 1. The predicted molar refractivity (Wildman–Crippen MR) is 75.5 cm³/mol. The molecule has 2 aromatic heterocycles. The number of rotatable bonds is 4. The summed E-state index contributed by atoms with van der Waals surface area (Å²) in [5.41, 5.74) is 7.84. The molecule has 1 aromatic carbocycles. The van der Waals surface area contributed by atoms with Crippen LogP contribution in [0.15, 0.2) is 40.1 Å². The lowest BCUT2D eigenvalue weighted by molar-refractivity contribution is 0.416. The van der Waals surface area contributed by atoms with Crippen LogP contribution in [0.25, 0.3) is 11.1 Å². The minimum Gasteiger partial charge on any atom is -0.496 e. The van der Waals surface area contributed by atoms with Gasteiger partial charge in [0.2, 0.25) is 0 Å². The fourth-order valence-electron chi connectivity index (χ4n) is 1.93. The average molecular weight is 274 g/mol. The Bertz CT molecular complexity index is 656. The van der Waals surface area contributed by atoms with Crippen LogP contribution in [0, 0.1) is 0 Å². The average Bonchev–Trinajstić information content (AvgIpc) is 3.04. The van der Waals surface area contributed by atoms with E-state index < -0.39 is 0 Å². The van der Waals surface area contributed by atoms with Crippen molar-refractivity contribution in [2.24, 2.45) is 5.73 Å². The van der Waals surface area contributed by atoms with Gasteiger partial charge in [-0.15, -0.1) is 11.3 Å². The van der Waals surface area contributed by atoms with Crippen molar-refractivity contribution in [2.45, 2.75) is 12.5 Å². The third kappa shape index (κ3) is 2.47. The van der Waals surface area contributed by atoms with Gasteiger partial charge in [-0.1, -0.05) is 12.1 Å². The summed E-state index contributed by atoms with van der Waals surface area (Å²) in [5, 5.41) is 1.95. The molecule has 0 saturated heterocycles. The highest BCUT2D eigenvalue weighted by molar-refractivity contribution is 7.10. The van der Waals surface area contributed by atoms with Crippen molar-refractivity contribution in [1.29, 1.82) is 0 Å². The van der Waals surface area contributed by atoms with Gasteiger partial charge in [0, 0.05) is 22.7 Å². The van der Waals surface area contributed by atoms with E-state index >= 15 is 0 Å². The van der Waals surface area contributed by atoms with Crippen LogP contribution in [0.3, 0.4) is 0 Å². The van der Waals surface area contributed by atoms with Gasteiger partial charge in [-0.05, 0) is 18.2 Å². The Morgan fingerprint density at radius 1 is 1.42 bits per heavy atom. The molecule has 1 unspecified atom stereocenters. The predicted octanol–water partition coefficient (Wildman–Crippen LogP) is 3.14. The van der Waals surface area contributed by atoms with Gasteiger partial charge in [0.15, 0.2) is 11.5 Å². The number of fused-ring (bicyclic) bond motifs is 1. The molecule has 0 aliphatic carbocycles. The molecule has 4 nitrogen and oxygen atoms in total. The zero-order chi connectivity index (χ0) is 13.2. The van der Waals surface area contributed by atoms with Crippen molar-refractivity contribution in [3.05, 3.63) is 46.5 Å². The van der Waals surface area contributed by atoms with Gasteiger partial charge >= 0.3 is 0 Å². The first-order valence-electron chi connectivity index (χ1n) is 5.98. The summed E-state index contributed by atoms with van der Waals surface area (Å²) in [4.78, 5) is 5.50. The van der Waals surface area contributed by atoms with Gasteiger partial charge in [-0.25, -0.2) is 4.98 Å². The molecular weight excluding hydrogens is 260 g/mol. The van der Waals surface area contributed by atoms with E-state index in [1.165, 1.54) is 0 Å². The number of para-hydroxylation sites is 2. The Morgan fingerprint density at radius 2 is 2.26 bits per heavy atom. The number of benzene rings is 1. The second-order valence-electron chi connectivity index (χ2n) is 4.27. The number of hydrogen-bond donors (Lipinski definition) is 1. The quantitative estimate of drug-likeness (QED) is 0.794. The van der Waals surface area contributed by atoms with E-state index in [1.54, 1.807) is 18.4 Å². The molecule has 0 bridgehead atoms. The summed E-state index contributed by atoms with van der Waals surface area (Å²) in [6.07, 6.45) is 0.582. The molecule has 2 N–H and O–H groups in total. The maximum Gasteiger partial charge on any atom is 0.197 e. The van der Waals surface area contributed by atoms with E-state index in [0.29, 0.717) is 12.3 Å². The topological polar surface area (TPSA) is 61.3 Å². The van der Waals surface area contributed by atoms with E-state index in [9.17, 15) is 0 Å². The highest BCUT2D eigenvalue weighted by Crippen LogP contribution is 2.28. The van der Waals surface area contributed by atoms with Crippen molar-refractivity contribution < 1.29 is 9.15 Å². The molecule has 0 spiro atoms. The molecule has 98 valence electrons. The normalized spacial score (nSPS) is 12.7. The lowest BCUT2D eigenvalue weighted by Gasteiger charge is -2.05. The number of nitrogens with two attached hydrogens (primary N) is 1. The van der Waals surface area contributed by atoms with Gasteiger partial charge in [-0.3, -0.25) is 0 Å². The summed E-state index contributed by atoms with van der Waals surface area (Å²) in [6, 6.07) is 9.55. The van der Waals surface area contributed by atoms with Crippen molar-refractivity contribution in [3.8, 4) is 5.75 Å². The largest absolute Gasteiger partial charge is 0.496 e. The highest BCUT2D eigenvalue weighted by Gasteiger charge is 2.14. The summed E-state index contributed by atoms with van der Waals surface area (Å²) >= 11 is 1.59. The molecule has 2 heterocycles. The standard InChI is InChI=1S/C14H14N2O2S/c1-17-9-6-13(19-8-9)10(15)7-14-16-11-4-2-3-5-12(11)18-14/h2-6,8,10H,7,15H2,1H3. The van der Waals surface area contributed by atoms with Crippen molar-refractivity contribution in [3.63, 3.8) is 0 Å². The maximum absolute atomic E-state index is 6.17. The van der Waals surface area contributed by atoms with E-state index in [0.717, 1.165) is 21.7 Å². The monoisotopic (exact) mass is 274 g/mol. The number of methoxy groups -OCH3 is 1. The number of ether oxygens (including phenoxy) is 1. The zero-order valence-corrected chi connectivity index (χ0v) is 11.3. The molecule has 5 heteroatoms. The molecule has 0 amide bonds. The SMILES string of the molecule is COc1csc(C(N)Cc2nc3ccccc3o2)c1. The molecule has 1 atom stereocenters. The first kappa shape index (κ1) is 12.2. The Balaban J connectivity index is 1.80. The van der Waals surface area contributed by atoms with E-state index in [1.807, 2.05) is 35.7 Å². The number of thiophene rings is 1. The van der Waals surface area contributed by atoms with Gasteiger partial charge < -0.3 is 14.9 Å². The number of hydrogen-bond acceptors (Lipinski definition) is 5. The van der Waals surface area contributed by atoms with Crippen LogP contribution < -0.4 is 10.5 Å². The van der Waals surface area contributed by atoms with Crippen LogP contribution in [0.4, 0.5) is 0 Å². The number of nitrogens with zero attached hydrogens (tertiary/aromatic N) is 1. The summed E-state index contributed by atoms with van der Waals surface area (Å²) in [5.74, 6) is 1.51. The third-order valence-corrected chi connectivity index (χ3v) is 3.97. The molecule has 0 saturated carbocycles. The Kier molecular flexibility index (Phi) is 3.23. The first-order valence-corrected chi connectivity index (χ1v) is 6.86. The lowest BCUT2D eigenvalue weighted by Crippen LogP contribution is -2.11. The minimum absolute atomic E-state index is 0.123. The molecule has 0 fully saturated rings. The molecule has 0 radical (unpaired) electrons. The third-order valence-electron chi connectivity index (χ3n) is 2.93. The van der Waals surface area contributed by atoms with Gasteiger partial charge in [0.1, 0.15) is 11.3 Å². The fourth-order valence-corrected chi connectivity index (χ4v) is 2.79. The molecular formula is C14H14N2O2S. The summed E-state index contributed by atoms with van der Waals surface area (Å²) in [6.45, 7) is 0. The van der Waals surface area contributed by atoms with Crippen LogP contribution >= 0.6 is 11.3 Å². The molecule has 3 aromatic rings. The molecule has 0 aliphatic heterocycles. The van der Waals surface area contributed by atoms with Crippen LogP contribution in [0.5, 0.6) is 5.75 Å². The number of oxazole rings is 1. The Hall–Kier alpha value is -1.85. The van der Waals surface area contributed by atoms with Crippen LogP contribution in [-0.2, 0) is 6.42 Å². The van der Waals surface area contributed by atoms with E-state index in [-0.39, 0.29) is 6.04 Å². The fraction of sp³-hybridized carbons (Fsp3) is 0.214. The van der Waals surface area contributed by atoms with Crippen LogP contribution in [0.2, 0.25) is 0 Å². The van der Waals surface area contributed by atoms with Crippen molar-refractivity contribution >= 4 is 22.4 Å². The van der Waals surface area contributed by atoms with Crippen molar-refractivity contribution in [2.75, 3.05) is 7.11 Å². The smallest absolute Gasteiger partial charge is 0.197 e. The van der Waals surface area contributed by atoms with Crippen molar-refractivity contribution in [1.82, 2.24) is 4.98 Å². The van der Waals surface area contributed by atoms with Gasteiger partial charge in [0.25, 0.3) is 0 Å². The Morgan fingerprint density at radius 3 is 3.00 bits per heavy atom. The lowest BCUT2D eigenvalue weighted by atomic mass is 10.2. The molecule has 3 rings (SSSR count). The maximum atomic E-state index is 6.17. The second kappa shape index (κ2) is 5.03.